The van der Waals surface area contributed by atoms with E-state index in [0.29, 0.717) is 22.6 Å². The number of hydrogen-bond acceptors (Lipinski definition) is 0. The second-order valence-corrected chi connectivity index (χ2v) is 3.31. The van der Waals surface area contributed by atoms with Crippen molar-refractivity contribution in [3.05, 3.63) is 0 Å². The first-order chi connectivity index (χ1) is 3.81. The largest absolute Gasteiger partial charge is 0.433 e. The Morgan fingerprint density at radius 3 is 1.56 bits per heavy atom. The minimum atomic E-state index is -4.87. The maximum absolute atomic E-state index is 12.1. The van der Waals surface area contributed by atoms with Crippen molar-refractivity contribution in [2.45, 2.75) is 9.85 Å². The zero-order valence-electron chi connectivity index (χ0n) is 3.97. The van der Waals surface area contributed by atoms with Crippen molar-refractivity contribution < 1.29 is 17.6 Å². The maximum atomic E-state index is 12.1. The fourth-order valence-electron chi connectivity index (χ4n) is 0.0758. The highest BCUT2D eigenvalue weighted by Gasteiger charge is 2.53. The highest BCUT2D eigenvalue weighted by molar-refractivity contribution is 14.1. The third kappa shape index (κ3) is 2.45. The first-order valence-electron chi connectivity index (χ1n) is 1.82. The van der Waals surface area contributed by atoms with Crippen LogP contribution in [-0.4, -0.2) is 15.7 Å². The fourth-order valence-corrected chi connectivity index (χ4v) is 0.227. The normalized spacial score (nSPS) is 19.3. The predicted octanol–water partition coefficient (Wildman–Crippen LogP) is 2.89. The molecule has 0 radical (unpaired) electrons. The molecule has 0 rings (SSSR count). The van der Waals surface area contributed by atoms with Crippen LogP contribution in [0.3, 0.4) is 0 Å². The molecule has 0 bridgehead atoms. The van der Waals surface area contributed by atoms with Crippen molar-refractivity contribution in [1.82, 2.24) is 0 Å². The van der Waals surface area contributed by atoms with Crippen molar-refractivity contribution in [2.24, 2.45) is 0 Å². The van der Waals surface area contributed by atoms with Gasteiger partial charge in [-0.2, -0.15) is 13.2 Å². The van der Waals surface area contributed by atoms with E-state index in [1.165, 1.54) is 0 Å². The van der Waals surface area contributed by atoms with Crippen molar-refractivity contribution in [3.8, 4) is 0 Å². The molecule has 0 aromatic heterocycles. The standard InChI is InChI=1S/C3H2ClF4I/c4-1-2(5,9)3(6,7)8/h1H2. The van der Waals surface area contributed by atoms with Crippen LogP contribution in [0.2, 0.25) is 0 Å². The Kier molecular flexibility index (Phi) is 3.00. The van der Waals surface area contributed by atoms with Crippen molar-refractivity contribution in [3.63, 3.8) is 0 Å². The number of alkyl halides is 6. The van der Waals surface area contributed by atoms with Crippen LogP contribution in [0, 0.1) is 0 Å². The molecule has 9 heavy (non-hydrogen) atoms. The van der Waals surface area contributed by atoms with Gasteiger partial charge in [0, 0.05) is 0 Å². The van der Waals surface area contributed by atoms with Gasteiger partial charge in [0.25, 0.3) is 3.68 Å². The molecule has 0 aromatic rings. The van der Waals surface area contributed by atoms with Crippen molar-refractivity contribution in [2.75, 3.05) is 5.88 Å². The average molecular weight is 276 g/mol. The topological polar surface area (TPSA) is 0 Å². The van der Waals surface area contributed by atoms with Gasteiger partial charge < -0.3 is 0 Å². The van der Waals surface area contributed by atoms with Crippen LogP contribution in [0.4, 0.5) is 17.6 Å². The van der Waals surface area contributed by atoms with E-state index in [9.17, 15) is 17.6 Å². The molecule has 0 saturated carbocycles. The molecule has 0 N–H and O–H groups in total. The molecule has 0 nitrogen and oxygen atoms in total. The zero-order chi connectivity index (χ0) is 7.71. The van der Waals surface area contributed by atoms with Gasteiger partial charge in [0.05, 0.1) is 5.88 Å². The van der Waals surface area contributed by atoms with E-state index in [-0.39, 0.29) is 0 Å². The summed E-state index contributed by atoms with van der Waals surface area (Å²) in [5.41, 5.74) is 0. The van der Waals surface area contributed by atoms with E-state index in [1.54, 1.807) is 0 Å². The lowest BCUT2D eigenvalue weighted by atomic mass is 10.4. The summed E-state index contributed by atoms with van der Waals surface area (Å²) in [5, 5.41) is 0. The van der Waals surface area contributed by atoms with E-state index < -0.39 is 15.7 Å². The number of halogens is 6. The molecule has 56 valence electrons. The van der Waals surface area contributed by atoms with Gasteiger partial charge in [-0.05, 0) is 22.6 Å². The summed E-state index contributed by atoms with van der Waals surface area (Å²) in [5.74, 6) is -1.07. The van der Waals surface area contributed by atoms with E-state index in [2.05, 4.69) is 11.6 Å². The summed E-state index contributed by atoms with van der Waals surface area (Å²) in [4.78, 5) is 0. The molecule has 1 unspecified atom stereocenters. The average Bonchev–Trinajstić information content (AvgIpc) is 1.64. The van der Waals surface area contributed by atoms with Crippen LogP contribution in [0.25, 0.3) is 0 Å². The quantitative estimate of drug-likeness (QED) is 0.392. The van der Waals surface area contributed by atoms with E-state index in [1.807, 2.05) is 0 Å². The molecule has 0 aromatic carbocycles. The Hall–Kier alpha value is 0.740. The Balaban J connectivity index is 4.14. The predicted molar refractivity (Wildman–Crippen MR) is 34.6 cm³/mol. The lowest BCUT2D eigenvalue weighted by Crippen LogP contribution is -2.35. The second kappa shape index (κ2) is 2.77. The van der Waals surface area contributed by atoms with Crippen LogP contribution >= 0.6 is 34.2 Å². The van der Waals surface area contributed by atoms with Crippen LogP contribution in [-0.2, 0) is 0 Å². The van der Waals surface area contributed by atoms with E-state index in [4.69, 9.17) is 0 Å². The lowest BCUT2D eigenvalue weighted by molar-refractivity contribution is -0.180. The summed E-state index contributed by atoms with van der Waals surface area (Å²) in [6.45, 7) is 0. The van der Waals surface area contributed by atoms with Gasteiger partial charge in [-0.15, -0.1) is 11.6 Å². The molecule has 1 atom stereocenters. The highest BCUT2D eigenvalue weighted by atomic mass is 127. The summed E-state index contributed by atoms with van der Waals surface area (Å²) in [7, 11) is 0. The minimum absolute atomic E-state index is 0.623. The SMILES string of the molecule is FC(F)(F)C(F)(I)CCl. The molecule has 0 aliphatic heterocycles. The van der Waals surface area contributed by atoms with Gasteiger partial charge >= 0.3 is 6.18 Å². The summed E-state index contributed by atoms with van der Waals surface area (Å²) >= 11 is 5.30. The van der Waals surface area contributed by atoms with Crippen LogP contribution < -0.4 is 0 Å². The summed E-state index contributed by atoms with van der Waals surface area (Å²) in [6, 6.07) is 0. The third-order valence-corrected chi connectivity index (χ3v) is 2.39. The zero-order valence-corrected chi connectivity index (χ0v) is 6.89. The Bertz CT molecular complexity index is 98.5. The van der Waals surface area contributed by atoms with Gasteiger partial charge in [-0.25, -0.2) is 4.39 Å². The molecule has 0 aliphatic rings. The second-order valence-electron chi connectivity index (χ2n) is 1.34. The molecule has 0 spiro atoms. The highest BCUT2D eigenvalue weighted by Crippen LogP contribution is 2.40. The number of hydrogen-bond donors (Lipinski definition) is 0. The number of rotatable bonds is 1. The van der Waals surface area contributed by atoms with Gasteiger partial charge in [-0.1, -0.05) is 0 Å². The van der Waals surface area contributed by atoms with Gasteiger partial charge in [0.1, 0.15) is 0 Å². The fraction of sp³-hybridized carbons (Fsp3) is 1.00. The molecular weight excluding hydrogens is 274 g/mol. The van der Waals surface area contributed by atoms with Gasteiger partial charge in [-0.3, -0.25) is 0 Å². The van der Waals surface area contributed by atoms with Crippen LogP contribution in [0.1, 0.15) is 0 Å². The molecule has 0 fully saturated rings. The van der Waals surface area contributed by atoms with Crippen LogP contribution in [0.15, 0.2) is 0 Å². The summed E-state index contributed by atoms with van der Waals surface area (Å²) < 4.78 is 42.9. The van der Waals surface area contributed by atoms with Crippen molar-refractivity contribution >= 4 is 34.2 Å². The van der Waals surface area contributed by atoms with Crippen LogP contribution in [0.5, 0.6) is 0 Å². The summed E-state index contributed by atoms with van der Waals surface area (Å²) in [6.07, 6.45) is -4.87. The first-order valence-corrected chi connectivity index (χ1v) is 3.43. The monoisotopic (exact) mass is 276 g/mol. The smallest absolute Gasteiger partial charge is 0.221 e. The third-order valence-electron chi connectivity index (χ3n) is 0.583. The minimum Gasteiger partial charge on any atom is -0.221 e. The van der Waals surface area contributed by atoms with Gasteiger partial charge in [0.2, 0.25) is 0 Å². The Morgan fingerprint density at radius 2 is 1.56 bits per heavy atom. The molecular formula is C3H2ClF4I. The van der Waals surface area contributed by atoms with E-state index in [0.717, 1.165) is 0 Å². The van der Waals surface area contributed by atoms with Gasteiger partial charge in [0.15, 0.2) is 0 Å². The van der Waals surface area contributed by atoms with E-state index >= 15 is 0 Å². The Labute approximate surface area is 67.7 Å². The first kappa shape index (κ1) is 9.74. The molecule has 0 amide bonds. The molecule has 0 aliphatic carbocycles. The molecule has 0 heterocycles. The maximum Gasteiger partial charge on any atom is 0.433 e. The molecule has 0 saturated heterocycles. The lowest BCUT2D eigenvalue weighted by Gasteiger charge is -2.17. The molecule has 6 heteroatoms. The Morgan fingerprint density at radius 1 is 1.22 bits per heavy atom. The van der Waals surface area contributed by atoms with Crippen molar-refractivity contribution in [1.29, 1.82) is 0 Å².